The predicted octanol–water partition coefficient (Wildman–Crippen LogP) is 12.6. The van der Waals surface area contributed by atoms with Crippen molar-refractivity contribution in [1.29, 1.82) is 0 Å². The SMILES string of the molecule is c1ccc(-n2c3ccccc3c3c2c(-c2cccc(-n4c5ccccc5c5ccccc54)c2)cc2c4ccccc4n(-c4ccccc4)c23)cc1. The first-order valence-electron chi connectivity index (χ1n) is 17.5. The maximum atomic E-state index is 2.47. The Balaban J connectivity index is 1.32. The Morgan fingerprint density at radius 2 is 0.706 bits per heavy atom. The van der Waals surface area contributed by atoms with E-state index in [-0.39, 0.29) is 0 Å². The summed E-state index contributed by atoms with van der Waals surface area (Å²) in [5, 5.41) is 7.51. The van der Waals surface area contributed by atoms with Gasteiger partial charge in [-0.2, -0.15) is 0 Å². The molecule has 0 aliphatic heterocycles. The molecular weight excluding hydrogens is 619 g/mol. The van der Waals surface area contributed by atoms with Gasteiger partial charge in [0.1, 0.15) is 0 Å². The highest BCUT2D eigenvalue weighted by atomic mass is 15.0. The Kier molecular flexibility index (Phi) is 5.96. The van der Waals surface area contributed by atoms with Gasteiger partial charge in [0.05, 0.1) is 33.1 Å². The molecular formula is C48H31N3. The van der Waals surface area contributed by atoms with Crippen molar-refractivity contribution in [3.8, 4) is 28.2 Å². The minimum absolute atomic E-state index is 1.14. The lowest BCUT2D eigenvalue weighted by Crippen LogP contribution is -1.98. The Labute approximate surface area is 294 Å². The van der Waals surface area contributed by atoms with E-state index in [0.29, 0.717) is 0 Å². The van der Waals surface area contributed by atoms with Gasteiger partial charge in [-0.05, 0) is 72.3 Å². The fourth-order valence-electron chi connectivity index (χ4n) is 8.53. The second-order valence-electron chi connectivity index (χ2n) is 13.3. The number of para-hydroxylation sites is 6. The Morgan fingerprint density at radius 1 is 0.275 bits per heavy atom. The summed E-state index contributed by atoms with van der Waals surface area (Å²) in [6.45, 7) is 0. The van der Waals surface area contributed by atoms with Gasteiger partial charge >= 0.3 is 0 Å². The lowest BCUT2D eigenvalue weighted by Gasteiger charge is -2.15. The van der Waals surface area contributed by atoms with E-state index in [9.17, 15) is 0 Å². The summed E-state index contributed by atoms with van der Waals surface area (Å²) in [5.41, 5.74) is 13.1. The third-order valence-corrected chi connectivity index (χ3v) is 10.6. The molecule has 3 heteroatoms. The van der Waals surface area contributed by atoms with Crippen LogP contribution < -0.4 is 0 Å². The average molecular weight is 650 g/mol. The molecule has 0 amide bonds. The average Bonchev–Trinajstić information content (AvgIpc) is 3.84. The predicted molar refractivity (Wildman–Crippen MR) is 215 cm³/mol. The summed E-state index contributed by atoms with van der Waals surface area (Å²) in [6.07, 6.45) is 0. The maximum Gasteiger partial charge on any atom is 0.0641 e. The van der Waals surface area contributed by atoms with Crippen molar-refractivity contribution in [2.24, 2.45) is 0 Å². The molecule has 0 radical (unpaired) electrons. The first-order chi connectivity index (χ1) is 25.3. The van der Waals surface area contributed by atoms with E-state index < -0.39 is 0 Å². The van der Waals surface area contributed by atoms with Crippen LogP contribution in [0.3, 0.4) is 0 Å². The van der Waals surface area contributed by atoms with Crippen LogP contribution in [-0.4, -0.2) is 13.7 Å². The smallest absolute Gasteiger partial charge is 0.0641 e. The van der Waals surface area contributed by atoms with Crippen LogP contribution in [0.25, 0.3) is 93.6 Å². The second kappa shape index (κ2) is 10.8. The first-order valence-corrected chi connectivity index (χ1v) is 17.5. The molecule has 0 fully saturated rings. The van der Waals surface area contributed by atoms with Gasteiger partial charge in [0.2, 0.25) is 0 Å². The molecule has 3 heterocycles. The molecule has 0 atom stereocenters. The van der Waals surface area contributed by atoms with Gasteiger partial charge < -0.3 is 13.7 Å². The fraction of sp³-hybridized carbons (Fsp3) is 0. The van der Waals surface area contributed by atoms with Gasteiger partial charge in [0, 0.05) is 54.9 Å². The van der Waals surface area contributed by atoms with E-state index in [1.165, 1.54) is 76.5 Å². The maximum absolute atomic E-state index is 2.47. The number of fused-ring (bicyclic) bond motifs is 10. The lowest BCUT2D eigenvalue weighted by atomic mass is 9.97. The third-order valence-electron chi connectivity index (χ3n) is 10.6. The number of aromatic nitrogens is 3. The summed E-state index contributed by atoms with van der Waals surface area (Å²) in [5.74, 6) is 0. The molecule has 0 spiro atoms. The van der Waals surface area contributed by atoms with Gasteiger partial charge in [-0.3, -0.25) is 0 Å². The van der Waals surface area contributed by atoms with E-state index >= 15 is 0 Å². The third kappa shape index (κ3) is 4.00. The van der Waals surface area contributed by atoms with Gasteiger partial charge in [0.25, 0.3) is 0 Å². The lowest BCUT2D eigenvalue weighted by molar-refractivity contribution is 1.17. The molecule has 0 aliphatic rings. The second-order valence-corrected chi connectivity index (χ2v) is 13.3. The topological polar surface area (TPSA) is 14.8 Å². The molecule has 51 heavy (non-hydrogen) atoms. The van der Waals surface area contributed by atoms with E-state index in [0.717, 1.165) is 17.1 Å². The van der Waals surface area contributed by atoms with Gasteiger partial charge in [-0.15, -0.1) is 0 Å². The van der Waals surface area contributed by atoms with Crippen molar-refractivity contribution in [2.75, 3.05) is 0 Å². The standard InChI is InChI=1S/C48H31N3/c1-3-17-33(18-4-1)50-44-28-13-9-24-38(44)41-31-40(47-46(48(41)50)39-25-10-14-29-45(39)51(47)34-19-5-2-6-20-34)32-16-15-21-35(30-32)49-42-26-11-7-22-36(42)37-23-8-12-27-43(37)49/h1-31H. The highest BCUT2D eigenvalue weighted by Crippen LogP contribution is 2.46. The Morgan fingerprint density at radius 3 is 1.29 bits per heavy atom. The van der Waals surface area contributed by atoms with Crippen LogP contribution in [-0.2, 0) is 0 Å². The molecule has 0 unspecified atom stereocenters. The van der Waals surface area contributed by atoms with Crippen molar-refractivity contribution >= 4 is 65.4 Å². The molecule has 11 aromatic rings. The summed E-state index contributed by atoms with van der Waals surface area (Å²) < 4.78 is 7.35. The molecule has 3 aromatic heterocycles. The van der Waals surface area contributed by atoms with Crippen LogP contribution in [0.1, 0.15) is 0 Å². The number of rotatable bonds is 4. The van der Waals surface area contributed by atoms with Crippen LogP contribution in [0.4, 0.5) is 0 Å². The molecule has 0 bridgehead atoms. The molecule has 0 aliphatic carbocycles. The highest BCUT2D eigenvalue weighted by molar-refractivity contribution is 6.29. The quantitative estimate of drug-likeness (QED) is 0.180. The monoisotopic (exact) mass is 649 g/mol. The zero-order valence-electron chi connectivity index (χ0n) is 27.7. The van der Waals surface area contributed by atoms with E-state index in [1.54, 1.807) is 0 Å². The van der Waals surface area contributed by atoms with Gasteiger partial charge in [-0.25, -0.2) is 0 Å². The minimum Gasteiger partial charge on any atom is -0.309 e. The zero-order valence-corrected chi connectivity index (χ0v) is 27.7. The van der Waals surface area contributed by atoms with Crippen molar-refractivity contribution in [2.45, 2.75) is 0 Å². The molecule has 0 saturated heterocycles. The number of hydrogen-bond donors (Lipinski definition) is 0. The van der Waals surface area contributed by atoms with Crippen LogP contribution >= 0.6 is 0 Å². The number of benzene rings is 8. The van der Waals surface area contributed by atoms with E-state index in [1.807, 2.05) is 0 Å². The molecule has 3 nitrogen and oxygen atoms in total. The fourth-order valence-corrected chi connectivity index (χ4v) is 8.53. The number of hydrogen-bond acceptors (Lipinski definition) is 0. The molecule has 0 N–H and O–H groups in total. The summed E-state index contributed by atoms with van der Waals surface area (Å²) in [4.78, 5) is 0. The van der Waals surface area contributed by atoms with Gasteiger partial charge in [-0.1, -0.05) is 121 Å². The molecule has 0 saturated carbocycles. The molecule has 8 aromatic carbocycles. The van der Waals surface area contributed by atoms with E-state index in [2.05, 4.69) is 202 Å². The summed E-state index contributed by atoms with van der Waals surface area (Å²) in [6, 6.07) is 68.4. The van der Waals surface area contributed by atoms with Crippen molar-refractivity contribution in [3.05, 3.63) is 188 Å². The number of nitrogens with zero attached hydrogens (tertiary/aromatic N) is 3. The van der Waals surface area contributed by atoms with Crippen molar-refractivity contribution in [3.63, 3.8) is 0 Å². The minimum atomic E-state index is 1.14. The van der Waals surface area contributed by atoms with Crippen LogP contribution in [0.2, 0.25) is 0 Å². The summed E-state index contributed by atoms with van der Waals surface area (Å²) in [7, 11) is 0. The van der Waals surface area contributed by atoms with Crippen LogP contribution in [0, 0.1) is 0 Å². The Hall–Kier alpha value is -6.84. The zero-order chi connectivity index (χ0) is 33.5. The van der Waals surface area contributed by atoms with E-state index in [4.69, 9.17) is 0 Å². The van der Waals surface area contributed by atoms with Crippen LogP contribution in [0.5, 0.6) is 0 Å². The largest absolute Gasteiger partial charge is 0.309 e. The van der Waals surface area contributed by atoms with Crippen molar-refractivity contribution < 1.29 is 0 Å². The Bertz CT molecular complexity index is 3070. The van der Waals surface area contributed by atoms with Gasteiger partial charge in [0.15, 0.2) is 0 Å². The summed E-state index contributed by atoms with van der Waals surface area (Å²) >= 11 is 0. The molecule has 11 rings (SSSR count). The first kappa shape index (κ1) is 28.0. The van der Waals surface area contributed by atoms with Crippen LogP contribution in [0.15, 0.2) is 188 Å². The normalized spacial score (nSPS) is 11.9. The highest BCUT2D eigenvalue weighted by Gasteiger charge is 2.24. The molecule has 238 valence electrons. The van der Waals surface area contributed by atoms with Crippen molar-refractivity contribution in [1.82, 2.24) is 13.7 Å².